The number of nitrogens with zero attached hydrogens (tertiary/aromatic N) is 1. The molecule has 5 heteroatoms. The first kappa shape index (κ1) is 14.4. The largest absolute Gasteiger partial charge is 0.288 e. The van der Waals surface area contributed by atoms with Gasteiger partial charge in [-0.15, -0.1) is 11.3 Å². The summed E-state index contributed by atoms with van der Waals surface area (Å²) in [6, 6.07) is 12.0. The van der Waals surface area contributed by atoms with Crippen LogP contribution in [0.3, 0.4) is 0 Å². The maximum absolute atomic E-state index is 12.8. The molecule has 0 spiro atoms. The Labute approximate surface area is 130 Å². The number of hydrogen-bond donors (Lipinski definition) is 0. The summed E-state index contributed by atoms with van der Waals surface area (Å²) in [5.74, 6) is 0. The number of aryl methyl sites for hydroxylation is 2. The highest BCUT2D eigenvalue weighted by Gasteiger charge is 2.13. The number of hydrogen-bond acceptors (Lipinski definition) is 4. The molecule has 110 valence electrons. The van der Waals surface area contributed by atoms with Gasteiger partial charge in [-0.25, -0.2) is 0 Å². The van der Waals surface area contributed by atoms with Crippen LogP contribution in [0, 0.1) is 24.0 Å². The van der Waals surface area contributed by atoms with Gasteiger partial charge in [0.25, 0.3) is 5.69 Å². The number of nitro groups is 1. The lowest BCUT2D eigenvalue weighted by molar-refractivity contribution is -0.384. The van der Waals surface area contributed by atoms with Crippen molar-refractivity contribution in [1.29, 1.82) is 0 Å². The van der Waals surface area contributed by atoms with Crippen LogP contribution in [0.4, 0.5) is 5.69 Å². The van der Waals surface area contributed by atoms with Crippen molar-refractivity contribution >= 4 is 27.1 Å². The Kier molecular flexibility index (Phi) is 3.50. The molecule has 0 atom stereocenters. The molecule has 0 saturated heterocycles. The zero-order valence-corrected chi connectivity index (χ0v) is 12.9. The van der Waals surface area contributed by atoms with Crippen molar-refractivity contribution in [3.05, 3.63) is 73.2 Å². The van der Waals surface area contributed by atoms with E-state index in [4.69, 9.17) is 0 Å². The molecule has 4 nitrogen and oxygen atoms in total. The number of nitro benzene ring substituents is 1. The Balaban J connectivity index is 2.26. The molecule has 22 heavy (non-hydrogen) atoms. The lowest BCUT2D eigenvalue weighted by atomic mass is 10.0. The summed E-state index contributed by atoms with van der Waals surface area (Å²) in [7, 11) is 0. The fourth-order valence-corrected chi connectivity index (χ4v) is 3.55. The Morgan fingerprint density at radius 1 is 1.05 bits per heavy atom. The van der Waals surface area contributed by atoms with Gasteiger partial charge in [0.1, 0.15) is 0 Å². The smallest absolute Gasteiger partial charge is 0.269 e. The van der Waals surface area contributed by atoms with E-state index in [1.54, 1.807) is 23.5 Å². The van der Waals surface area contributed by atoms with Crippen molar-refractivity contribution in [2.24, 2.45) is 0 Å². The van der Waals surface area contributed by atoms with Crippen LogP contribution >= 0.6 is 11.3 Å². The molecular weight excluding hydrogens is 298 g/mol. The minimum atomic E-state index is -0.443. The second kappa shape index (κ2) is 5.35. The SMILES string of the molecule is Cc1ccc2sc(C)c(-c3ccc([N+](=O)[O-])cc3)c(=O)c2c1. The highest BCUT2D eigenvalue weighted by molar-refractivity contribution is 7.18. The van der Waals surface area contributed by atoms with Crippen LogP contribution in [0.25, 0.3) is 21.2 Å². The first-order valence-electron chi connectivity index (χ1n) is 6.76. The van der Waals surface area contributed by atoms with Gasteiger partial charge in [0.15, 0.2) is 5.43 Å². The standard InChI is InChI=1S/C17H13NO3S/c1-10-3-8-15-14(9-10)17(19)16(11(2)22-15)12-4-6-13(7-5-12)18(20)21/h3-9H,1-2H3. The average molecular weight is 311 g/mol. The minimum Gasteiger partial charge on any atom is -0.288 e. The normalized spacial score (nSPS) is 10.8. The van der Waals surface area contributed by atoms with E-state index in [-0.39, 0.29) is 11.1 Å². The predicted molar refractivity (Wildman–Crippen MR) is 89.7 cm³/mol. The highest BCUT2D eigenvalue weighted by Crippen LogP contribution is 2.29. The van der Waals surface area contributed by atoms with Crippen LogP contribution in [0.5, 0.6) is 0 Å². The van der Waals surface area contributed by atoms with Crippen LogP contribution < -0.4 is 5.43 Å². The van der Waals surface area contributed by atoms with Crippen LogP contribution in [-0.2, 0) is 0 Å². The zero-order chi connectivity index (χ0) is 15.9. The van der Waals surface area contributed by atoms with Crippen molar-refractivity contribution in [2.45, 2.75) is 13.8 Å². The van der Waals surface area contributed by atoms with Crippen molar-refractivity contribution in [1.82, 2.24) is 0 Å². The van der Waals surface area contributed by atoms with E-state index < -0.39 is 4.92 Å². The number of benzene rings is 2. The summed E-state index contributed by atoms with van der Waals surface area (Å²) in [5, 5.41) is 11.4. The van der Waals surface area contributed by atoms with Gasteiger partial charge < -0.3 is 0 Å². The quantitative estimate of drug-likeness (QED) is 0.519. The Morgan fingerprint density at radius 2 is 1.73 bits per heavy atom. The molecule has 1 heterocycles. The van der Waals surface area contributed by atoms with Crippen LogP contribution in [0.1, 0.15) is 10.4 Å². The molecule has 0 N–H and O–H groups in total. The molecule has 0 saturated carbocycles. The van der Waals surface area contributed by atoms with Gasteiger partial charge in [0, 0.05) is 32.7 Å². The lowest BCUT2D eigenvalue weighted by Gasteiger charge is -2.07. The number of rotatable bonds is 2. The van der Waals surface area contributed by atoms with Crippen LogP contribution in [0.15, 0.2) is 47.3 Å². The topological polar surface area (TPSA) is 60.2 Å². The molecule has 0 unspecified atom stereocenters. The van der Waals surface area contributed by atoms with Crippen molar-refractivity contribution < 1.29 is 4.92 Å². The molecule has 3 aromatic rings. The third-order valence-corrected chi connectivity index (χ3v) is 4.67. The summed E-state index contributed by atoms with van der Waals surface area (Å²) in [4.78, 5) is 24.0. The maximum atomic E-state index is 12.8. The second-order valence-electron chi connectivity index (χ2n) is 5.17. The van der Waals surface area contributed by atoms with E-state index in [1.165, 1.54) is 12.1 Å². The van der Waals surface area contributed by atoms with Crippen LogP contribution in [-0.4, -0.2) is 4.92 Å². The van der Waals surface area contributed by atoms with Gasteiger partial charge in [0.2, 0.25) is 0 Å². The monoisotopic (exact) mass is 311 g/mol. The summed E-state index contributed by atoms with van der Waals surface area (Å²) in [5.41, 5.74) is 2.37. The summed E-state index contributed by atoms with van der Waals surface area (Å²) >= 11 is 1.56. The molecule has 3 rings (SSSR count). The first-order chi connectivity index (χ1) is 10.5. The maximum Gasteiger partial charge on any atom is 0.269 e. The molecule has 0 fully saturated rings. The van der Waals surface area contributed by atoms with Gasteiger partial charge >= 0.3 is 0 Å². The van der Waals surface area contributed by atoms with E-state index >= 15 is 0 Å². The second-order valence-corrected chi connectivity index (χ2v) is 6.42. The molecule has 2 aromatic carbocycles. The fraction of sp³-hybridized carbons (Fsp3) is 0.118. The van der Waals surface area contributed by atoms with E-state index in [1.807, 2.05) is 32.0 Å². The molecular formula is C17H13NO3S. The van der Waals surface area contributed by atoms with Gasteiger partial charge in [-0.1, -0.05) is 11.6 Å². The zero-order valence-electron chi connectivity index (χ0n) is 12.1. The third kappa shape index (κ3) is 2.40. The van der Waals surface area contributed by atoms with Gasteiger partial charge in [-0.05, 0) is 43.7 Å². The molecule has 0 aliphatic heterocycles. The van der Waals surface area contributed by atoms with E-state index in [0.717, 1.165) is 15.1 Å². The predicted octanol–water partition coefficient (Wildman–Crippen LogP) is 4.45. The average Bonchev–Trinajstić information content (AvgIpc) is 2.49. The summed E-state index contributed by atoms with van der Waals surface area (Å²) in [6.07, 6.45) is 0. The van der Waals surface area contributed by atoms with E-state index in [0.29, 0.717) is 16.5 Å². The van der Waals surface area contributed by atoms with Crippen molar-refractivity contribution in [3.8, 4) is 11.1 Å². The fourth-order valence-electron chi connectivity index (χ4n) is 2.50. The molecule has 0 radical (unpaired) electrons. The van der Waals surface area contributed by atoms with E-state index in [2.05, 4.69) is 0 Å². The lowest BCUT2D eigenvalue weighted by Crippen LogP contribution is -2.06. The summed E-state index contributed by atoms with van der Waals surface area (Å²) in [6.45, 7) is 3.86. The van der Waals surface area contributed by atoms with Gasteiger partial charge in [0.05, 0.1) is 4.92 Å². The first-order valence-corrected chi connectivity index (χ1v) is 7.58. The van der Waals surface area contributed by atoms with Gasteiger partial charge in [-0.2, -0.15) is 0 Å². The van der Waals surface area contributed by atoms with Crippen LogP contribution in [0.2, 0.25) is 0 Å². The third-order valence-electron chi connectivity index (χ3n) is 3.59. The van der Waals surface area contributed by atoms with Crippen molar-refractivity contribution in [3.63, 3.8) is 0 Å². The molecule has 0 amide bonds. The van der Waals surface area contributed by atoms with Gasteiger partial charge in [-0.3, -0.25) is 14.9 Å². The summed E-state index contributed by atoms with van der Waals surface area (Å²) < 4.78 is 0.957. The molecule has 0 aliphatic carbocycles. The minimum absolute atomic E-state index is 0.0224. The highest BCUT2D eigenvalue weighted by atomic mass is 32.1. The Hall–Kier alpha value is -2.53. The molecule has 0 aliphatic rings. The van der Waals surface area contributed by atoms with E-state index in [9.17, 15) is 14.9 Å². The molecule has 1 aromatic heterocycles. The number of fused-ring (bicyclic) bond motifs is 1. The van der Waals surface area contributed by atoms with Crippen molar-refractivity contribution in [2.75, 3.05) is 0 Å². The Bertz CT molecular complexity index is 943. The number of non-ortho nitro benzene ring substituents is 1. The molecule has 0 bridgehead atoms. The Morgan fingerprint density at radius 3 is 2.36 bits per heavy atom.